The van der Waals surface area contributed by atoms with Crippen molar-refractivity contribution >= 4 is 46.2 Å². The minimum Gasteiger partial charge on any atom is -0.495 e. The molecular formula is C52H54F2N8O7. The molecule has 0 saturated carbocycles. The van der Waals surface area contributed by atoms with Gasteiger partial charge >= 0.3 is 6.03 Å². The van der Waals surface area contributed by atoms with E-state index in [0.29, 0.717) is 63.5 Å². The summed E-state index contributed by atoms with van der Waals surface area (Å²) in [6.07, 6.45) is 4.07. The molecule has 17 heteroatoms. The molecule has 5 heterocycles. The van der Waals surface area contributed by atoms with E-state index >= 15 is 8.78 Å². The third-order valence-corrected chi connectivity index (χ3v) is 14.2. The molecule has 5 N–H and O–H groups in total. The van der Waals surface area contributed by atoms with Crippen molar-refractivity contribution in [1.29, 1.82) is 0 Å². The lowest BCUT2D eigenvalue weighted by atomic mass is 9.64. The van der Waals surface area contributed by atoms with Gasteiger partial charge in [-0.15, -0.1) is 0 Å². The van der Waals surface area contributed by atoms with E-state index in [0.717, 1.165) is 61.8 Å². The van der Waals surface area contributed by atoms with Crippen LogP contribution in [0.2, 0.25) is 0 Å². The summed E-state index contributed by atoms with van der Waals surface area (Å²) in [6, 6.07) is 21.0. The fraction of sp³-hybridized carbons (Fsp3) is 0.346. The van der Waals surface area contributed by atoms with Crippen molar-refractivity contribution in [3.05, 3.63) is 125 Å². The molecule has 9 rings (SSSR count). The van der Waals surface area contributed by atoms with Gasteiger partial charge in [-0.2, -0.15) is 0 Å². The number of piperidine rings is 2. The van der Waals surface area contributed by atoms with Gasteiger partial charge in [0.05, 0.1) is 29.7 Å². The minimum atomic E-state index is -1.30. The molecule has 2 aromatic heterocycles. The van der Waals surface area contributed by atoms with E-state index < -0.39 is 29.2 Å². The van der Waals surface area contributed by atoms with Gasteiger partial charge in [-0.1, -0.05) is 30.3 Å². The van der Waals surface area contributed by atoms with Crippen molar-refractivity contribution in [3.63, 3.8) is 0 Å². The largest absolute Gasteiger partial charge is 0.495 e. The van der Waals surface area contributed by atoms with Crippen molar-refractivity contribution in [2.75, 3.05) is 56.7 Å². The van der Waals surface area contributed by atoms with Gasteiger partial charge in [0.15, 0.2) is 0 Å². The van der Waals surface area contributed by atoms with Crippen LogP contribution in [0, 0.1) is 29.9 Å². The Hall–Kier alpha value is -7.08. The number of carbonyl (C=O) groups is 4. The van der Waals surface area contributed by atoms with Crippen LogP contribution in [-0.4, -0.2) is 105 Å². The molecule has 0 unspecified atom stereocenters. The summed E-state index contributed by atoms with van der Waals surface area (Å²) < 4.78 is 35.8. The smallest absolute Gasteiger partial charge is 0.328 e. The minimum absolute atomic E-state index is 0.0349. The van der Waals surface area contributed by atoms with Crippen molar-refractivity contribution in [2.45, 2.75) is 58.6 Å². The number of anilines is 2. The number of nitrogens with one attached hydrogen (secondary N) is 3. The lowest BCUT2D eigenvalue weighted by Crippen LogP contribution is -2.54. The summed E-state index contributed by atoms with van der Waals surface area (Å²) in [4.78, 5) is 69.5. The monoisotopic (exact) mass is 940 g/mol. The van der Waals surface area contributed by atoms with E-state index in [-0.39, 0.29) is 54.0 Å². The van der Waals surface area contributed by atoms with Crippen LogP contribution in [0.25, 0.3) is 33.5 Å². The van der Waals surface area contributed by atoms with E-state index in [1.54, 1.807) is 30.0 Å². The quantitative estimate of drug-likeness (QED) is 0.0867. The second kappa shape index (κ2) is 18.8. The van der Waals surface area contributed by atoms with Crippen LogP contribution in [0.15, 0.2) is 85.2 Å². The van der Waals surface area contributed by atoms with E-state index in [4.69, 9.17) is 4.74 Å². The first-order valence-electron chi connectivity index (χ1n) is 23.0. The SMILES string of the molecule is COc1ccc(C(=O)N2CCC3(CCN(Cc4ccc(-c5cc6c(-c7cc(F)cc(NC(=O)c8ccc(C(C)(C)O)cc8F)c7C)ncnc6[nH]5)cc4)CC3)[C@H](CO)C2)cc1N1CCC(=O)NC1=O. The Labute approximate surface area is 397 Å². The number of benzene rings is 4. The molecule has 358 valence electrons. The summed E-state index contributed by atoms with van der Waals surface area (Å²) >= 11 is 0. The summed E-state index contributed by atoms with van der Waals surface area (Å²) in [5, 5.41) is 26.6. The Morgan fingerprint density at radius 1 is 0.942 bits per heavy atom. The number of nitrogens with zero attached hydrogens (tertiary/aromatic N) is 5. The van der Waals surface area contributed by atoms with Crippen LogP contribution in [0.5, 0.6) is 5.75 Å². The van der Waals surface area contributed by atoms with Gasteiger partial charge in [-0.25, -0.2) is 23.5 Å². The third-order valence-electron chi connectivity index (χ3n) is 14.2. The maximum absolute atomic E-state index is 15.2. The van der Waals surface area contributed by atoms with Gasteiger partial charge in [0, 0.05) is 73.0 Å². The first-order chi connectivity index (χ1) is 33.0. The van der Waals surface area contributed by atoms with Gasteiger partial charge in [0.2, 0.25) is 5.91 Å². The molecule has 69 heavy (non-hydrogen) atoms. The molecule has 0 bridgehead atoms. The number of amides is 5. The van der Waals surface area contributed by atoms with Crippen molar-refractivity contribution in [2.24, 2.45) is 11.3 Å². The summed E-state index contributed by atoms with van der Waals surface area (Å²) in [7, 11) is 1.49. The standard InChI is InChI=1S/C52H54F2N8O7/c1-30-38(23-36(53)24-41(30)58-48(65)37-11-10-34(22-40(37)54)51(2,3)68)46-39-25-42(57-47(39)56-29-55-46)32-7-5-31(6-8-32)26-60-18-14-52(15-19-60)16-20-61(27-35(52)28-63)49(66)33-9-12-44(69-4)43(21-33)62-17-13-45(64)59-50(62)67/h5-12,21-25,29,35,63,68H,13-20,26-28H2,1-4H3,(H,58,65)(H,55,56,57)(H,59,64,67)/t35-/m0/s1. The molecule has 1 spiro atoms. The molecule has 15 nitrogen and oxygen atoms in total. The number of imide groups is 1. The van der Waals surface area contributed by atoms with Crippen LogP contribution in [0.3, 0.4) is 0 Å². The summed E-state index contributed by atoms with van der Waals surface area (Å²) in [5.41, 5.74) is 4.40. The highest BCUT2D eigenvalue weighted by molar-refractivity contribution is 6.07. The molecular weight excluding hydrogens is 887 g/mol. The Bertz CT molecular complexity index is 2980. The average Bonchev–Trinajstić information content (AvgIpc) is 3.78. The molecule has 4 aromatic carbocycles. The van der Waals surface area contributed by atoms with Crippen LogP contribution < -0.4 is 20.3 Å². The van der Waals surface area contributed by atoms with Gasteiger partial charge in [0.1, 0.15) is 29.4 Å². The highest BCUT2D eigenvalue weighted by atomic mass is 19.1. The molecule has 6 aromatic rings. The molecule has 0 radical (unpaired) electrons. The van der Waals surface area contributed by atoms with Gasteiger partial charge in [0.25, 0.3) is 11.8 Å². The first kappa shape index (κ1) is 47.0. The number of methoxy groups -OCH3 is 1. The van der Waals surface area contributed by atoms with E-state index in [1.165, 1.54) is 56.4 Å². The van der Waals surface area contributed by atoms with Crippen LogP contribution in [-0.2, 0) is 16.9 Å². The second-order valence-corrected chi connectivity index (χ2v) is 18.9. The number of urea groups is 1. The molecule has 0 aliphatic carbocycles. The molecule has 3 fully saturated rings. The Balaban J connectivity index is 0.837. The Morgan fingerprint density at radius 2 is 1.70 bits per heavy atom. The zero-order chi connectivity index (χ0) is 48.8. The maximum Gasteiger partial charge on any atom is 0.328 e. The van der Waals surface area contributed by atoms with Gasteiger partial charge in [-0.3, -0.25) is 29.5 Å². The van der Waals surface area contributed by atoms with E-state index in [1.807, 2.05) is 18.2 Å². The number of hydrogen-bond acceptors (Lipinski definition) is 10. The molecule has 3 aliphatic rings. The number of H-pyrrole nitrogens is 1. The number of aromatic amines is 1. The summed E-state index contributed by atoms with van der Waals surface area (Å²) in [5.74, 6) is -2.42. The van der Waals surface area contributed by atoms with Gasteiger partial charge < -0.3 is 30.2 Å². The second-order valence-electron chi connectivity index (χ2n) is 18.9. The number of aliphatic hydroxyl groups excluding tert-OH is 1. The average molecular weight is 941 g/mol. The number of hydrogen-bond donors (Lipinski definition) is 5. The number of likely N-dealkylation sites (tertiary alicyclic amines) is 2. The normalized spacial score (nSPS) is 17.6. The Morgan fingerprint density at radius 3 is 2.39 bits per heavy atom. The molecule has 5 amide bonds. The van der Waals surface area contributed by atoms with Crippen molar-refractivity contribution in [3.8, 4) is 28.3 Å². The fourth-order valence-electron chi connectivity index (χ4n) is 10.1. The Kier molecular flexibility index (Phi) is 12.8. The maximum atomic E-state index is 15.2. The first-order valence-corrected chi connectivity index (χ1v) is 23.0. The topological polar surface area (TPSA) is 193 Å². The van der Waals surface area contributed by atoms with E-state index in [2.05, 4.69) is 42.6 Å². The predicted octanol–water partition coefficient (Wildman–Crippen LogP) is 7.55. The molecule has 3 saturated heterocycles. The zero-order valence-electron chi connectivity index (χ0n) is 38.9. The number of aromatic nitrogens is 3. The number of ether oxygens (including phenoxy) is 1. The van der Waals surface area contributed by atoms with Crippen LogP contribution in [0.4, 0.5) is 25.0 Å². The van der Waals surface area contributed by atoms with Crippen molar-refractivity contribution < 1.29 is 42.9 Å². The van der Waals surface area contributed by atoms with Gasteiger partial charge in [-0.05, 0) is 129 Å². The van der Waals surface area contributed by atoms with Crippen LogP contribution in [0.1, 0.15) is 76.9 Å². The summed E-state index contributed by atoms with van der Waals surface area (Å²) in [6.45, 7) is 8.29. The number of carbonyl (C=O) groups excluding carboxylic acids is 4. The number of fused-ring (bicyclic) bond motifs is 1. The molecule has 3 aliphatic heterocycles. The van der Waals surface area contributed by atoms with Crippen LogP contribution >= 0.6 is 0 Å². The highest BCUT2D eigenvalue weighted by Crippen LogP contribution is 2.46. The number of aliphatic hydroxyl groups is 2. The third kappa shape index (κ3) is 9.41. The highest BCUT2D eigenvalue weighted by Gasteiger charge is 2.45. The number of rotatable bonds is 11. The lowest BCUT2D eigenvalue weighted by molar-refractivity contribution is -0.120. The predicted molar refractivity (Wildman–Crippen MR) is 256 cm³/mol. The van der Waals surface area contributed by atoms with Crippen molar-refractivity contribution in [1.82, 2.24) is 30.1 Å². The molecule has 1 atom stereocenters. The van der Waals surface area contributed by atoms with E-state index in [9.17, 15) is 29.4 Å². The number of halogens is 2. The lowest BCUT2D eigenvalue weighted by Gasteiger charge is -2.51. The fourth-order valence-corrected chi connectivity index (χ4v) is 10.1. The zero-order valence-corrected chi connectivity index (χ0v) is 38.9.